The summed E-state index contributed by atoms with van der Waals surface area (Å²) < 4.78 is 101. The summed E-state index contributed by atoms with van der Waals surface area (Å²) in [6.07, 6.45) is -4.55. The van der Waals surface area contributed by atoms with Gasteiger partial charge < -0.3 is 14.5 Å². The molecule has 0 unspecified atom stereocenters. The zero-order valence-electron chi connectivity index (χ0n) is 21.3. The highest BCUT2D eigenvalue weighted by molar-refractivity contribution is 7.89. The fourth-order valence-corrected chi connectivity index (χ4v) is 5.46. The highest BCUT2D eigenvalue weighted by atomic mass is 32.2. The molecule has 0 aromatic heterocycles. The van der Waals surface area contributed by atoms with Gasteiger partial charge in [0.15, 0.2) is 0 Å². The number of methoxy groups -OCH3 is 1. The Hall–Kier alpha value is -3.71. The third-order valence-corrected chi connectivity index (χ3v) is 7.96. The van der Waals surface area contributed by atoms with Crippen LogP contribution >= 0.6 is 0 Å². The van der Waals surface area contributed by atoms with Gasteiger partial charge in [-0.2, -0.15) is 13.2 Å². The number of nitrogens with one attached hydrogen (secondary N) is 1. The van der Waals surface area contributed by atoms with Gasteiger partial charge in [-0.1, -0.05) is 12.1 Å². The summed E-state index contributed by atoms with van der Waals surface area (Å²) in [4.78, 5) is 15.9. The molecule has 1 heterocycles. The van der Waals surface area contributed by atoms with Crippen molar-refractivity contribution < 1.29 is 39.9 Å². The average Bonchev–Trinajstić information content (AvgIpc) is 2.93. The molecule has 1 N–H and O–H groups in total. The molecule has 1 aliphatic heterocycles. The van der Waals surface area contributed by atoms with Gasteiger partial charge >= 0.3 is 6.18 Å². The summed E-state index contributed by atoms with van der Waals surface area (Å²) in [7, 11) is -2.50. The van der Waals surface area contributed by atoms with Crippen molar-refractivity contribution >= 4 is 21.6 Å². The topological polar surface area (TPSA) is 79.0 Å². The summed E-state index contributed by atoms with van der Waals surface area (Å²) in [6, 6.07) is 12.0. The second-order valence-electron chi connectivity index (χ2n) is 9.07. The van der Waals surface area contributed by atoms with E-state index in [1.807, 2.05) is 0 Å². The smallest absolute Gasteiger partial charge is 0.417 e. The van der Waals surface area contributed by atoms with Crippen molar-refractivity contribution in [1.29, 1.82) is 0 Å². The van der Waals surface area contributed by atoms with Gasteiger partial charge in [-0.25, -0.2) is 21.9 Å². The molecule has 0 bridgehead atoms. The Bertz CT molecular complexity index is 1470. The predicted octanol–water partition coefficient (Wildman–Crippen LogP) is 4.48. The molecule has 1 amide bonds. The molecule has 0 aliphatic carbocycles. The molecule has 4 rings (SSSR count). The maximum absolute atomic E-state index is 13.5. The van der Waals surface area contributed by atoms with Crippen LogP contribution in [0.2, 0.25) is 0 Å². The summed E-state index contributed by atoms with van der Waals surface area (Å²) in [5.74, 6) is -1.98. The zero-order chi connectivity index (χ0) is 29.1. The molecule has 13 heteroatoms. The third kappa shape index (κ3) is 6.70. The van der Waals surface area contributed by atoms with Crippen LogP contribution < -0.4 is 14.4 Å². The molecule has 3 aromatic rings. The molecule has 214 valence electrons. The minimum Gasteiger partial charge on any atom is -0.495 e. The van der Waals surface area contributed by atoms with E-state index in [0.29, 0.717) is 23.9 Å². The van der Waals surface area contributed by atoms with E-state index in [9.17, 15) is 35.2 Å². The number of amides is 1. The SMILES string of the molecule is COc1ccc(S(=O)(=O)NCCc2ccc(F)cc2)cc1N1CCN(C(=O)c2ccc(F)cc2C(F)(F)F)CC1. The molecule has 1 aliphatic rings. The van der Waals surface area contributed by atoms with E-state index in [0.717, 1.165) is 17.7 Å². The highest BCUT2D eigenvalue weighted by Crippen LogP contribution is 2.34. The lowest BCUT2D eigenvalue weighted by Gasteiger charge is -2.37. The van der Waals surface area contributed by atoms with E-state index in [4.69, 9.17) is 4.74 Å². The summed E-state index contributed by atoms with van der Waals surface area (Å²) in [5.41, 5.74) is -0.783. The average molecular weight is 584 g/mol. The second-order valence-corrected chi connectivity index (χ2v) is 10.8. The number of sulfonamides is 1. The monoisotopic (exact) mass is 583 g/mol. The fourth-order valence-electron chi connectivity index (χ4n) is 4.41. The van der Waals surface area contributed by atoms with E-state index in [2.05, 4.69) is 4.72 Å². The van der Waals surface area contributed by atoms with Gasteiger partial charge in [-0.15, -0.1) is 0 Å². The first-order valence-corrected chi connectivity index (χ1v) is 13.7. The van der Waals surface area contributed by atoms with Gasteiger partial charge in [0.05, 0.1) is 28.8 Å². The van der Waals surface area contributed by atoms with Crippen LogP contribution in [0.1, 0.15) is 21.5 Å². The molecule has 0 atom stereocenters. The number of carbonyl (C=O) groups is 1. The van der Waals surface area contributed by atoms with E-state index in [1.165, 1.54) is 42.3 Å². The minimum absolute atomic E-state index is 0.0259. The molecular weight excluding hydrogens is 557 g/mol. The van der Waals surface area contributed by atoms with Crippen molar-refractivity contribution in [2.24, 2.45) is 0 Å². The number of ether oxygens (including phenoxy) is 1. The Morgan fingerprint density at radius 1 is 0.925 bits per heavy atom. The molecule has 1 fully saturated rings. The van der Waals surface area contributed by atoms with Crippen molar-refractivity contribution in [2.45, 2.75) is 17.5 Å². The zero-order valence-corrected chi connectivity index (χ0v) is 22.2. The van der Waals surface area contributed by atoms with Crippen molar-refractivity contribution in [3.8, 4) is 5.75 Å². The first-order valence-electron chi connectivity index (χ1n) is 12.2. The van der Waals surface area contributed by atoms with Gasteiger partial charge in [0, 0.05) is 32.7 Å². The fraction of sp³-hybridized carbons (Fsp3) is 0.296. The van der Waals surface area contributed by atoms with Gasteiger partial charge in [0.25, 0.3) is 5.91 Å². The first kappa shape index (κ1) is 29.3. The molecule has 7 nitrogen and oxygen atoms in total. The van der Waals surface area contributed by atoms with Crippen LogP contribution in [-0.2, 0) is 22.6 Å². The van der Waals surface area contributed by atoms with Gasteiger partial charge in [0.2, 0.25) is 10.0 Å². The normalized spacial score (nSPS) is 14.3. The number of benzene rings is 3. The Morgan fingerprint density at radius 2 is 1.57 bits per heavy atom. The number of rotatable bonds is 8. The number of alkyl halides is 3. The molecular formula is C27H26F5N3O4S. The first-order chi connectivity index (χ1) is 18.9. The molecule has 0 saturated carbocycles. The standard InChI is InChI=1S/C27H26F5N3O4S/c1-39-25-9-7-21(40(37,38)33-11-10-18-2-4-19(28)5-3-18)17-24(25)34-12-14-35(15-13-34)26(36)22-8-6-20(29)16-23(22)27(30,31)32/h2-9,16-17,33H,10-15H2,1H3. The minimum atomic E-state index is -4.90. The van der Waals surface area contributed by atoms with E-state index in [-0.39, 0.29) is 43.4 Å². The predicted molar refractivity (Wildman–Crippen MR) is 138 cm³/mol. The van der Waals surface area contributed by atoms with Crippen molar-refractivity contribution in [3.05, 3.63) is 89.0 Å². The van der Waals surface area contributed by atoms with E-state index < -0.39 is 39.1 Å². The van der Waals surface area contributed by atoms with Crippen LogP contribution in [-0.4, -0.2) is 59.1 Å². The maximum atomic E-state index is 13.5. The lowest BCUT2D eigenvalue weighted by Crippen LogP contribution is -2.49. The van der Waals surface area contributed by atoms with Crippen LogP contribution in [0.25, 0.3) is 0 Å². The van der Waals surface area contributed by atoms with E-state index in [1.54, 1.807) is 17.0 Å². The highest BCUT2D eigenvalue weighted by Gasteiger charge is 2.37. The van der Waals surface area contributed by atoms with Gasteiger partial charge in [-0.05, 0) is 60.5 Å². The van der Waals surface area contributed by atoms with Crippen LogP contribution in [0.15, 0.2) is 65.6 Å². The Kier molecular flexibility index (Phi) is 8.64. The third-order valence-electron chi connectivity index (χ3n) is 6.50. The number of nitrogens with zero attached hydrogens (tertiary/aromatic N) is 2. The number of halogens is 5. The van der Waals surface area contributed by atoms with Crippen LogP contribution in [0.5, 0.6) is 5.75 Å². The molecule has 0 radical (unpaired) electrons. The Morgan fingerprint density at radius 3 is 2.20 bits per heavy atom. The number of piperazine rings is 1. The number of hydrogen-bond donors (Lipinski definition) is 1. The van der Waals surface area contributed by atoms with Crippen LogP contribution in [0.4, 0.5) is 27.6 Å². The Labute approximate surface area is 228 Å². The van der Waals surface area contributed by atoms with Crippen molar-refractivity contribution in [2.75, 3.05) is 44.7 Å². The maximum Gasteiger partial charge on any atom is 0.417 e. The summed E-state index contributed by atoms with van der Waals surface area (Å²) in [6.45, 7) is 0.546. The van der Waals surface area contributed by atoms with E-state index >= 15 is 0 Å². The number of carbonyl (C=O) groups excluding carboxylic acids is 1. The molecule has 0 spiro atoms. The number of anilines is 1. The largest absolute Gasteiger partial charge is 0.495 e. The molecule has 40 heavy (non-hydrogen) atoms. The Balaban J connectivity index is 1.46. The lowest BCUT2D eigenvalue weighted by molar-refractivity contribution is -0.138. The van der Waals surface area contributed by atoms with Crippen LogP contribution in [0.3, 0.4) is 0 Å². The van der Waals surface area contributed by atoms with Crippen molar-refractivity contribution in [3.63, 3.8) is 0 Å². The van der Waals surface area contributed by atoms with Crippen LogP contribution in [0, 0.1) is 11.6 Å². The summed E-state index contributed by atoms with van der Waals surface area (Å²) in [5, 5.41) is 0. The second kappa shape index (κ2) is 11.8. The van der Waals surface area contributed by atoms with Gasteiger partial charge in [0.1, 0.15) is 17.4 Å². The molecule has 3 aromatic carbocycles. The quantitative estimate of drug-likeness (QED) is 0.396. The lowest BCUT2D eigenvalue weighted by atomic mass is 10.0. The summed E-state index contributed by atoms with van der Waals surface area (Å²) >= 11 is 0. The number of hydrogen-bond acceptors (Lipinski definition) is 5. The molecule has 1 saturated heterocycles. The van der Waals surface area contributed by atoms with Crippen molar-refractivity contribution in [1.82, 2.24) is 9.62 Å². The van der Waals surface area contributed by atoms with Gasteiger partial charge in [-0.3, -0.25) is 4.79 Å².